The summed E-state index contributed by atoms with van der Waals surface area (Å²) < 4.78 is 84.9. The first kappa shape index (κ1) is 68.4. The lowest BCUT2D eigenvalue weighted by Gasteiger charge is -2.08. The average Bonchev–Trinajstić information content (AvgIpc) is 3.39. The van der Waals surface area contributed by atoms with Crippen LogP contribution in [-0.4, -0.2) is 27.7 Å². The van der Waals surface area contributed by atoms with Crippen molar-refractivity contribution in [2.75, 3.05) is 16.0 Å². The van der Waals surface area contributed by atoms with Crippen LogP contribution < -0.4 is 16.0 Å². The van der Waals surface area contributed by atoms with Crippen LogP contribution in [0.25, 0.3) is 33.4 Å². The van der Waals surface area contributed by atoms with Crippen molar-refractivity contribution in [3.63, 3.8) is 0 Å². The molecule has 9 rings (SSSR count). The molecule has 3 aromatic heterocycles. The van der Waals surface area contributed by atoms with E-state index >= 15 is 0 Å². The molecule has 0 atom stereocenters. The lowest BCUT2D eigenvalue weighted by molar-refractivity contribution is 0.101. The number of rotatable bonds is 23. The molecule has 0 radical (unpaired) electrons. The Balaban J connectivity index is 0.000000207. The number of aromatic nitrogens is 2. The zero-order valence-electron chi connectivity index (χ0n) is 49.2. The zero-order chi connectivity index (χ0) is 61.7. The molecule has 8 nitrogen and oxygen atoms in total. The standard InChI is InChI=1S/C24H26F2N2OS.C23H23F2NOS.C22H22F2N2OS.CH4/c1-3-4-5-6-7-8-22-27-15-23(30-22)28-24(29)19-12-11-18(14-21(19)26)17-10-9-16(2)20(25)13-17;1-3-4-5-6-18-10-12-22(28-18)26-23(27)19-11-9-17(14-21(19)25)16-8-7-15(2)20(24)13-16;1-3-4-5-6-17-13-25-22(28-17)26-21(27)18-10-9-16(12-20(18)24)15-8-7-14(2)19(23)11-15;/h9-15H,3-8H2,1-2H3,(H,28,29);7-14H,3-6H2,1-2H3,(H,26,27);7-13H,3-6H2,1-2H3,(H,25,26,27);1H4. The second-order valence-electron chi connectivity index (χ2n) is 20.9. The van der Waals surface area contributed by atoms with Crippen LogP contribution in [0.15, 0.2) is 134 Å². The van der Waals surface area contributed by atoms with E-state index in [1.807, 2.05) is 12.1 Å². The molecule has 0 aliphatic rings. The van der Waals surface area contributed by atoms with Gasteiger partial charge >= 0.3 is 0 Å². The van der Waals surface area contributed by atoms with Crippen molar-refractivity contribution in [1.29, 1.82) is 0 Å². The van der Waals surface area contributed by atoms with Gasteiger partial charge in [-0.05, 0) is 176 Å². The third-order valence-corrected chi connectivity index (χ3v) is 17.2. The molecule has 0 unspecified atom stereocenters. The van der Waals surface area contributed by atoms with Gasteiger partial charge in [0, 0.05) is 16.0 Å². The van der Waals surface area contributed by atoms with Crippen LogP contribution in [0.5, 0.6) is 0 Å². The maximum Gasteiger partial charge on any atom is 0.260 e. The van der Waals surface area contributed by atoms with Gasteiger partial charge in [0.05, 0.1) is 32.9 Å². The van der Waals surface area contributed by atoms with Gasteiger partial charge in [0.15, 0.2) is 5.13 Å². The van der Waals surface area contributed by atoms with Crippen molar-refractivity contribution >= 4 is 66.9 Å². The Morgan fingerprint density at radius 2 is 0.759 bits per heavy atom. The minimum Gasteiger partial charge on any atom is -0.313 e. The molecule has 0 aliphatic carbocycles. The first-order chi connectivity index (χ1) is 41.4. The summed E-state index contributed by atoms with van der Waals surface area (Å²) in [4.78, 5) is 48.2. The molecular weight excluding hydrogens is 1170 g/mol. The highest BCUT2D eigenvalue weighted by atomic mass is 32.1. The van der Waals surface area contributed by atoms with Crippen LogP contribution in [-0.2, 0) is 19.3 Å². The van der Waals surface area contributed by atoms with E-state index in [2.05, 4.69) is 46.7 Å². The number of thiophene rings is 1. The van der Waals surface area contributed by atoms with E-state index in [0.717, 1.165) is 61.3 Å². The van der Waals surface area contributed by atoms with Crippen molar-refractivity contribution in [2.45, 2.75) is 139 Å². The van der Waals surface area contributed by atoms with Crippen LogP contribution in [0.2, 0.25) is 0 Å². The molecular formula is C70H75F6N5O3S3. The number of hydrogen-bond donors (Lipinski definition) is 3. The molecule has 17 heteroatoms. The number of benzene rings is 6. The highest BCUT2D eigenvalue weighted by Crippen LogP contribution is 2.31. The molecule has 9 aromatic rings. The average molecular weight is 1240 g/mol. The molecule has 3 amide bonds. The second-order valence-corrected chi connectivity index (χ2v) is 24.3. The lowest BCUT2D eigenvalue weighted by atomic mass is 10.0. The fraction of sp³-hybridized carbons (Fsp3) is 0.300. The Kier molecular flexibility index (Phi) is 26.7. The molecule has 0 spiro atoms. The predicted octanol–water partition coefficient (Wildman–Crippen LogP) is 21.2. The first-order valence-corrected chi connectivity index (χ1v) is 31.5. The van der Waals surface area contributed by atoms with Gasteiger partial charge in [-0.1, -0.05) is 134 Å². The van der Waals surface area contributed by atoms with Crippen LogP contribution in [0.3, 0.4) is 0 Å². The molecule has 3 N–H and O–H groups in total. The monoisotopic (exact) mass is 1240 g/mol. The molecule has 458 valence electrons. The number of thiazole rings is 2. The van der Waals surface area contributed by atoms with Crippen LogP contribution in [0.1, 0.15) is 161 Å². The van der Waals surface area contributed by atoms with E-state index in [1.165, 1.54) is 132 Å². The molecule has 0 saturated heterocycles. The zero-order valence-corrected chi connectivity index (χ0v) is 51.7. The van der Waals surface area contributed by atoms with Gasteiger partial charge in [0.1, 0.15) is 39.9 Å². The Morgan fingerprint density at radius 1 is 0.379 bits per heavy atom. The smallest absolute Gasteiger partial charge is 0.260 e. The number of nitrogens with one attached hydrogen (secondary N) is 3. The number of amides is 3. The van der Waals surface area contributed by atoms with Gasteiger partial charge in [-0.3, -0.25) is 19.7 Å². The summed E-state index contributed by atoms with van der Waals surface area (Å²) in [6.45, 7) is 11.5. The second kappa shape index (κ2) is 34.0. The Morgan fingerprint density at radius 3 is 1.20 bits per heavy atom. The molecule has 6 aromatic carbocycles. The molecule has 0 saturated carbocycles. The molecule has 0 fully saturated rings. The molecule has 87 heavy (non-hydrogen) atoms. The SMILES string of the molecule is C.CCCCCCCc1ncc(NC(=O)c2ccc(-c3ccc(C)c(F)c3)cc2F)s1.CCCCCc1ccc(NC(=O)c2ccc(-c3ccc(C)c(F)c3)cc2F)s1.CCCCCc1cnc(NC(=O)c2ccc(-c3ccc(C)c(F)c3)cc2F)s1. The van der Waals surface area contributed by atoms with Gasteiger partial charge < -0.3 is 10.6 Å². The van der Waals surface area contributed by atoms with Crippen molar-refractivity contribution in [1.82, 2.24) is 9.97 Å². The lowest BCUT2D eigenvalue weighted by Crippen LogP contribution is -2.13. The van der Waals surface area contributed by atoms with Crippen molar-refractivity contribution in [2.24, 2.45) is 0 Å². The van der Waals surface area contributed by atoms with Crippen molar-refractivity contribution < 1.29 is 40.7 Å². The predicted molar refractivity (Wildman–Crippen MR) is 348 cm³/mol. The maximum atomic E-state index is 14.6. The summed E-state index contributed by atoms with van der Waals surface area (Å²) in [5, 5.41) is 10.9. The van der Waals surface area contributed by atoms with Gasteiger partial charge in [0.25, 0.3) is 17.7 Å². The summed E-state index contributed by atoms with van der Waals surface area (Å²) in [5.74, 6) is -4.52. The topological polar surface area (TPSA) is 113 Å². The number of hydrogen-bond acceptors (Lipinski definition) is 8. The Bertz CT molecular complexity index is 3590. The summed E-state index contributed by atoms with van der Waals surface area (Å²) in [6.07, 6.45) is 19.0. The van der Waals surface area contributed by atoms with Crippen LogP contribution in [0.4, 0.5) is 41.5 Å². The fourth-order valence-electron chi connectivity index (χ4n) is 9.00. The summed E-state index contributed by atoms with van der Waals surface area (Å²) in [6, 6.07) is 31.0. The van der Waals surface area contributed by atoms with Crippen molar-refractivity contribution in [3.8, 4) is 33.4 Å². The van der Waals surface area contributed by atoms with E-state index in [4.69, 9.17) is 0 Å². The third-order valence-electron chi connectivity index (χ3n) is 14.2. The van der Waals surface area contributed by atoms with E-state index in [9.17, 15) is 40.7 Å². The van der Waals surface area contributed by atoms with E-state index in [1.54, 1.807) is 87.8 Å². The number of unbranched alkanes of at least 4 members (excludes halogenated alkanes) is 8. The highest BCUT2D eigenvalue weighted by molar-refractivity contribution is 7.16. The minimum absolute atomic E-state index is 0. The summed E-state index contributed by atoms with van der Waals surface area (Å²) in [7, 11) is 0. The molecule has 3 heterocycles. The van der Waals surface area contributed by atoms with Gasteiger partial charge in [-0.2, -0.15) is 0 Å². The normalized spacial score (nSPS) is 10.8. The first-order valence-electron chi connectivity index (χ1n) is 29.0. The van der Waals surface area contributed by atoms with E-state index in [0.29, 0.717) is 65.2 Å². The fourth-order valence-corrected chi connectivity index (χ4v) is 11.6. The third kappa shape index (κ3) is 20.2. The van der Waals surface area contributed by atoms with Crippen molar-refractivity contribution in [3.05, 3.63) is 217 Å². The highest BCUT2D eigenvalue weighted by Gasteiger charge is 2.19. The summed E-state index contributed by atoms with van der Waals surface area (Å²) in [5.41, 5.74) is 4.69. The number of carbonyl (C=O) groups is 3. The Labute approximate surface area is 519 Å². The van der Waals surface area contributed by atoms with Gasteiger partial charge in [-0.15, -0.1) is 34.0 Å². The molecule has 0 bridgehead atoms. The maximum absolute atomic E-state index is 14.6. The van der Waals surface area contributed by atoms with Crippen LogP contribution >= 0.6 is 34.0 Å². The van der Waals surface area contributed by atoms with E-state index < -0.39 is 35.2 Å². The summed E-state index contributed by atoms with van der Waals surface area (Å²) >= 11 is 4.35. The minimum atomic E-state index is -0.657. The number of aryl methyl sites for hydroxylation is 6. The van der Waals surface area contributed by atoms with Gasteiger partial charge in [-0.25, -0.2) is 36.3 Å². The Hall–Kier alpha value is -7.73. The van der Waals surface area contributed by atoms with Crippen LogP contribution in [0, 0.1) is 55.7 Å². The number of halogens is 6. The largest absolute Gasteiger partial charge is 0.313 e. The number of anilines is 3. The van der Waals surface area contributed by atoms with Gasteiger partial charge in [0.2, 0.25) is 0 Å². The quantitative estimate of drug-likeness (QED) is 0.0436. The van der Waals surface area contributed by atoms with E-state index in [-0.39, 0.29) is 41.6 Å². The number of carbonyl (C=O) groups excluding carboxylic acids is 3. The number of nitrogens with zero attached hydrogens (tertiary/aromatic N) is 2. The molecule has 0 aliphatic heterocycles.